The molecule has 0 bridgehead atoms. The summed E-state index contributed by atoms with van der Waals surface area (Å²) in [6, 6.07) is 6.42. The third-order valence-corrected chi connectivity index (χ3v) is 9.22. The molecule has 0 saturated carbocycles. The minimum Gasteiger partial charge on any atom is -0.464 e. The molecule has 5 heterocycles. The second-order valence-corrected chi connectivity index (χ2v) is 14.3. The highest BCUT2D eigenvalue weighted by Gasteiger charge is 2.46. The van der Waals surface area contributed by atoms with Crippen LogP contribution in [0.5, 0.6) is 0 Å². The van der Waals surface area contributed by atoms with E-state index >= 15 is 0 Å². The van der Waals surface area contributed by atoms with E-state index < -0.39 is 11.5 Å². The first-order valence-corrected chi connectivity index (χ1v) is 17.3. The van der Waals surface area contributed by atoms with Crippen molar-refractivity contribution < 1.29 is 14.3 Å². The van der Waals surface area contributed by atoms with E-state index in [9.17, 15) is 10.1 Å². The first-order valence-electron chi connectivity index (χ1n) is 17.3. The van der Waals surface area contributed by atoms with Crippen LogP contribution in [0.4, 0.5) is 5.82 Å². The SMILES string of the molecule is COC(=O)c1cnc(N2CC(CC#N)(n3cc(-c4ccnc5c4ccn5COCCCCCCCCCCCC(C)(C)C)cn3)C2)cn1. The summed E-state index contributed by atoms with van der Waals surface area (Å²) in [4.78, 5) is 26.9. The lowest BCUT2D eigenvalue weighted by Crippen LogP contribution is -2.63. The molecule has 11 nitrogen and oxygen atoms in total. The van der Waals surface area contributed by atoms with Crippen LogP contribution in [0, 0.1) is 16.7 Å². The molecular formula is C37H50N8O3. The smallest absolute Gasteiger partial charge is 0.358 e. The van der Waals surface area contributed by atoms with Gasteiger partial charge in [-0.2, -0.15) is 10.4 Å². The summed E-state index contributed by atoms with van der Waals surface area (Å²) >= 11 is 0. The summed E-state index contributed by atoms with van der Waals surface area (Å²) in [6.45, 7) is 9.30. The number of fused-ring (bicyclic) bond motifs is 1. The molecule has 1 aliphatic heterocycles. The molecule has 0 spiro atoms. The summed E-state index contributed by atoms with van der Waals surface area (Å²) in [5.74, 6) is 0.105. The van der Waals surface area contributed by atoms with E-state index in [4.69, 9.17) is 14.6 Å². The summed E-state index contributed by atoms with van der Waals surface area (Å²) in [5.41, 5.74) is 3.00. The van der Waals surface area contributed by atoms with Gasteiger partial charge in [-0.1, -0.05) is 72.1 Å². The van der Waals surface area contributed by atoms with E-state index in [1.165, 1.54) is 71.1 Å². The van der Waals surface area contributed by atoms with Gasteiger partial charge in [-0.3, -0.25) is 4.68 Å². The third kappa shape index (κ3) is 8.78. The summed E-state index contributed by atoms with van der Waals surface area (Å²) in [5, 5.41) is 15.4. The molecule has 5 rings (SSSR count). The number of esters is 1. The van der Waals surface area contributed by atoms with E-state index in [2.05, 4.69) is 52.4 Å². The number of anilines is 1. The lowest BCUT2D eigenvalue weighted by Gasteiger charge is -2.49. The van der Waals surface area contributed by atoms with Crippen molar-refractivity contribution >= 4 is 22.8 Å². The van der Waals surface area contributed by atoms with Gasteiger partial charge in [-0.25, -0.2) is 19.7 Å². The lowest BCUT2D eigenvalue weighted by molar-refractivity contribution is 0.0593. The number of unbranched alkanes of at least 4 members (excludes halogenated alkanes) is 8. The number of carbonyl (C=O) groups excluding carboxylic acids is 1. The zero-order valence-electron chi connectivity index (χ0n) is 29.0. The van der Waals surface area contributed by atoms with E-state index in [-0.39, 0.29) is 5.69 Å². The van der Waals surface area contributed by atoms with Crippen molar-refractivity contribution in [3.63, 3.8) is 0 Å². The highest BCUT2D eigenvalue weighted by atomic mass is 16.5. The molecule has 11 heteroatoms. The van der Waals surface area contributed by atoms with E-state index in [0.717, 1.165) is 35.2 Å². The number of rotatable bonds is 18. The molecule has 1 saturated heterocycles. The number of aromatic nitrogens is 6. The number of hydrogen-bond acceptors (Lipinski definition) is 9. The molecule has 0 aliphatic carbocycles. The molecule has 1 aliphatic rings. The van der Waals surface area contributed by atoms with Gasteiger partial charge in [-0.05, 0) is 36.0 Å². The Hall–Kier alpha value is -4.30. The summed E-state index contributed by atoms with van der Waals surface area (Å²) < 4.78 is 14.7. The molecule has 0 unspecified atom stereocenters. The first kappa shape index (κ1) is 35.0. The fraction of sp³-hybridized carbons (Fsp3) is 0.568. The average molecular weight is 655 g/mol. The van der Waals surface area contributed by atoms with Gasteiger partial charge >= 0.3 is 5.97 Å². The van der Waals surface area contributed by atoms with Crippen LogP contribution in [0.3, 0.4) is 0 Å². The van der Waals surface area contributed by atoms with Crippen LogP contribution in [0.2, 0.25) is 0 Å². The van der Waals surface area contributed by atoms with Gasteiger partial charge in [-0.15, -0.1) is 0 Å². The summed E-state index contributed by atoms with van der Waals surface area (Å²) in [7, 11) is 1.31. The zero-order valence-corrected chi connectivity index (χ0v) is 29.0. The van der Waals surface area contributed by atoms with Gasteiger partial charge in [0.2, 0.25) is 0 Å². The Morgan fingerprint density at radius 3 is 2.35 bits per heavy atom. The highest BCUT2D eigenvalue weighted by molar-refractivity contribution is 5.93. The maximum absolute atomic E-state index is 11.7. The topological polar surface area (TPSA) is 124 Å². The number of methoxy groups -OCH3 is 1. The molecule has 4 aromatic heterocycles. The second kappa shape index (κ2) is 16.2. The molecule has 0 aromatic carbocycles. The Labute approximate surface area is 284 Å². The molecule has 4 aromatic rings. The number of nitrogens with zero attached hydrogens (tertiary/aromatic N) is 8. The van der Waals surface area contributed by atoms with Crippen molar-refractivity contribution in [3.8, 4) is 17.2 Å². The van der Waals surface area contributed by atoms with Crippen molar-refractivity contribution in [3.05, 3.63) is 55.0 Å². The Morgan fingerprint density at radius 2 is 1.69 bits per heavy atom. The van der Waals surface area contributed by atoms with E-state index in [0.29, 0.717) is 37.5 Å². The lowest BCUT2D eigenvalue weighted by atomic mass is 9.87. The molecule has 0 atom stereocenters. The Balaban J connectivity index is 1.09. The maximum Gasteiger partial charge on any atom is 0.358 e. The molecular weight excluding hydrogens is 604 g/mol. The van der Waals surface area contributed by atoms with Crippen LogP contribution in [-0.2, 0) is 21.7 Å². The van der Waals surface area contributed by atoms with Crippen LogP contribution in [0.15, 0.2) is 49.3 Å². The van der Waals surface area contributed by atoms with Crippen molar-refractivity contribution in [1.82, 2.24) is 29.3 Å². The maximum atomic E-state index is 11.7. The van der Waals surface area contributed by atoms with Gasteiger partial charge in [0.05, 0.1) is 38.2 Å². The predicted octanol–water partition coefficient (Wildman–Crippen LogP) is 7.53. The molecule has 48 heavy (non-hydrogen) atoms. The second-order valence-electron chi connectivity index (χ2n) is 14.3. The van der Waals surface area contributed by atoms with Gasteiger partial charge in [0.1, 0.15) is 23.7 Å². The molecule has 0 N–H and O–H groups in total. The van der Waals surface area contributed by atoms with Crippen LogP contribution < -0.4 is 4.90 Å². The first-order chi connectivity index (χ1) is 23.2. The molecule has 1 fully saturated rings. The van der Waals surface area contributed by atoms with Gasteiger partial charge in [0, 0.05) is 49.2 Å². The van der Waals surface area contributed by atoms with E-state index in [1.807, 2.05) is 40.4 Å². The number of nitriles is 1. The Morgan fingerprint density at radius 1 is 0.958 bits per heavy atom. The van der Waals surface area contributed by atoms with Gasteiger partial charge in [0.25, 0.3) is 0 Å². The zero-order chi connectivity index (χ0) is 34.0. The molecule has 0 amide bonds. The monoisotopic (exact) mass is 654 g/mol. The molecule has 256 valence electrons. The fourth-order valence-corrected chi connectivity index (χ4v) is 6.43. The van der Waals surface area contributed by atoms with Crippen molar-refractivity contribution in [2.75, 3.05) is 31.7 Å². The number of pyridine rings is 1. The van der Waals surface area contributed by atoms with Crippen LogP contribution in [-0.4, -0.2) is 62.1 Å². The predicted molar refractivity (Wildman–Crippen MR) is 186 cm³/mol. The number of hydrogen-bond donors (Lipinski definition) is 0. The summed E-state index contributed by atoms with van der Waals surface area (Å²) in [6.07, 6.45) is 24.0. The quantitative estimate of drug-likeness (QED) is 0.0791. The van der Waals surface area contributed by atoms with Crippen molar-refractivity contribution in [2.24, 2.45) is 5.41 Å². The Kier molecular flexibility index (Phi) is 11.8. The molecule has 0 radical (unpaired) electrons. The fourth-order valence-electron chi connectivity index (χ4n) is 6.43. The average Bonchev–Trinajstić information content (AvgIpc) is 3.72. The third-order valence-electron chi connectivity index (χ3n) is 9.22. The number of ether oxygens (including phenoxy) is 2. The highest BCUT2D eigenvalue weighted by Crippen LogP contribution is 2.37. The number of carbonyl (C=O) groups is 1. The Bertz CT molecular complexity index is 1660. The van der Waals surface area contributed by atoms with Crippen molar-refractivity contribution in [1.29, 1.82) is 5.26 Å². The standard InChI is InChI=1S/C37H50N8O3/c1-36(2,3)16-12-10-8-6-5-7-9-11-13-21-48-28-43-20-15-31-30(14-19-39-34(31)43)29-22-42-45(25-29)37(17-18-38)26-44(27-37)33-24-40-32(23-41-33)35(46)47-4/h14-15,19-20,22-25H,5-13,16-17,21,26-28H2,1-4H3. The van der Waals surface area contributed by atoms with Crippen LogP contribution in [0.1, 0.15) is 102 Å². The van der Waals surface area contributed by atoms with Gasteiger partial charge in [0.15, 0.2) is 5.69 Å². The van der Waals surface area contributed by atoms with E-state index in [1.54, 1.807) is 6.20 Å². The van der Waals surface area contributed by atoms with Gasteiger partial charge < -0.3 is 18.9 Å². The minimum atomic E-state index is -0.530. The van der Waals surface area contributed by atoms with Crippen LogP contribution in [0.25, 0.3) is 22.2 Å². The van der Waals surface area contributed by atoms with Crippen LogP contribution >= 0.6 is 0 Å². The largest absolute Gasteiger partial charge is 0.464 e. The van der Waals surface area contributed by atoms with Crippen molar-refractivity contribution in [2.45, 2.75) is 104 Å². The minimum absolute atomic E-state index is 0.152. The normalized spacial score (nSPS) is 14.2.